The van der Waals surface area contributed by atoms with E-state index in [0.717, 1.165) is 43.3 Å². The van der Waals surface area contributed by atoms with E-state index >= 15 is 0 Å². The van der Waals surface area contributed by atoms with Crippen molar-refractivity contribution < 1.29 is 9.53 Å². The minimum absolute atomic E-state index is 0.167. The van der Waals surface area contributed by atoms with Gasteiger partial charge in [0.05, 0.1) is 11.0 Å². The molecule has 3 aromatic rings. The van der Waals surface area contributed by atoms with Gasteiger partial charge in [0.2, 0.25) is 11.8 Å². The molecular weight excluding hydrogens is 410 g/mol. The Morgan fingerprint density at radius 3 is 2.79 bits per heavy atom. The molecule has 33 heavy (non-hydrogen) atoms. The van der Waals surface area contributed by atoms with Crippen molar-refractivity contribution in [1.29, 1.82) is 0 Å². The first-order valence-corrected chi connectivity index (χ1v) is 12.7. The summed E-state index contributed by atoms with van der Waals surface area (Å²) in [6.45, 7) is 4.41. The fourth-order valence-corrected chi connectivity index (χ4v) is 4.80. The molecule has 0 spiro atoms. The first kappa shape index (κ1) is 23.3. The van der Waals surface area contributed by atoms with Crippen LogP contribution in [0.2, 0.25) is 0 Å². The van der Waals surface area contributed by atoms with Crippen LogP contribution in [-0.2, 0) is 30.8 Å². The third-order valence-corrected chi connectivity index (χ3v) is 6.58. The molecule has 0 saturated heterocycles. The zero-order chi connectivity index (χ0) is 22.9. The van der Waals surface area contributed by atoms with Crippen molar-refractivity contribution in [3.8, 4) is 5.88 Å². The lowest BCUT2D eigenvalue weighted by molar-refractivity contribution is -0.121. The lowest BCUT2D eigenvalue weighted by Gasteiger charge is -2.09. The van der Waals surface area contributed by atoms with Crippen molar-refractivity contribution in [1.82, 2.24) is 14.9 Å². The number of hydrogen-bond donors (Lipinski definition) is 1. The van der Waals surface area contributed by atoms with E-state index in [2.05, 4.69) is 35.0 Å². The standard InChI is InChI=1S/C28H37N3O2/c1-2-3-4-10-15-26(32)29-19-18-23-24-14-9-6-11-20-31(24)25-16-17-27(30-28(23)25)33-21-22-12-7-5-8-13-22/h5,7-8,12-13,16-17H,2-4,6,9-11,14-15,18-21H2,1H3,(H,29,32). The summed E-state index contributed by atoms with van der Waals surface area (Å²) in [6, 6.07) is 14.3. The summed E-state index contributed by atoms with van der Waals surface area (Å²) in [7, 11) is 0. The van der Waals surface area contributed by atoms with Crippen LogP contribution in [0.25, 0.3) is 11.0 Å². The number of fused-ring (bicyclic) bond motifs is 3. The minimum Gasteiger partial charge on any atom is -0.473 e. The molecule has 1 amide bonds. The summed E-state index contributed by atoms with van der Waals surface area (Å²) in [5.74, 6) is 0.828. The van der Waals surface area contributed by atoms with Gasteiger partial charge in [0.1, 0.15) is 6.61 Å². The van der Waals surface area contributed by atoms with Crippen molar-refractivity contribution in [2.45, 2.75) is 84.3 Å². The molecule has 4 rings (SSSR count). The summed E-state index contributed by atoms with van der Waals surface area (Å²) in [5.41, 5.74) is 6.04. The molecule has 0 bridgehead atoms. The van der Waals surface area contributed by atoms with E-state index in [1.54, 1.807) is 0 Å². The van der Waals surface area contributed by atoms with Crippen LogP contribution < -0.4 is 10.1 Å². The molecule has 1 aromatic carbocycles. The van der Waals surface area contributed by atoms with Gasteiger partial charge in [-0.25, -0.2) is 4.98 Å². The maximum absolute atomic E-state index is 12.3. The normalized spacial score (nSPS) is 13.5. The van der Waals surface area contributed by atoms with Crippen molar-refractivity contribution >= 4 is 16.9 Å². The van der Waals surface area contributed by atoms with Crippen LogP contribution in [0.15, 0.2) is 42.5 Å². The molecule has 1 aliphatic rings. The number of pyridine rings is 1. The van der Waals surface area contributed by atoms with Crippen molar-refractivity contribution in [2.75, 3.05) is 6.54 Å². The second-order valence-electron chi connectivity index (χ2n) is 9.09. The number of rotatable bonds is 11. The van der Waals surface area contributed by atoms with E-state index in [-0.39, 0.29) is 5.91 Å². The van der Waals surface area contributed by atoms with Gasteiger partial charge in [-0.15, -0.1) is 0 Å². The van der Waals surface area contributed by atoms with Gasteiger partial charge in [-0.05, 0) is 43.7 Å². The van der Waals surface area contributed by atoms with Gasteiger partial charge in [-0.2, -0.15) is 0 Å². The highest BCUT2D eigenvalue weighted by molar-refractivity contribution is 5.82. The predicted molar refractivity (Wildman–Crippen MR) is 134 cm³/mol. The molecule has 0 fully saturated rings. The van der Waals surface area contributed by atoms with Gasteiger partial charge >= 0.3 is 0 Å². The third-order valence-electron chi connectivity index (χ3n) is 6.58. The largest absolute Gasteiger partial charge is 0.473 e. The minimum atomic E-state index is 0.167. The first-order chi connectivity index (χ1) is 16.3. The quantitative estimate of drug-likeness (QED) is 0.368. The van der Waals surface area contributed by atoms with E-state index in [4.69, 9.17) is 9.72 Å². The molecule has 5 heteroatoms. The van der Waals surface area contributed by atoms with E-state index in [9.17, 15) is 4.79 Å². The number of benzene rings is 1. The van der Waals surface area contributed by atoms with Gasteiger partial charge in [-0.1, -0.05) is 62.9 Å². The van der Waals surface area contributed by atoms with Gasteiger partial charge in [0, 0.05) is 36.8 Å². The molecule has 5 nitrogen and oxygen atoms in total. The summed E-state index contributed by atoms with van der Waals surface area (Å²) < 4.78 is 8.49. The van der Waals surface area contributed by atoms with Crippen LogP contribution in [0.1, 0.15) is 75.1 Å². The van der Waals surface area contributed by atoms with E-state index in [1.807, 2.05) is 24.3 Å². The summed E-state index contributed by atoms with van der Waals surface area (Å²) >= 11 is 0. The molecule has 2 aromatic heterocycles. The Balaban J connectivity index is 1.48. The molecule has 1 aliphatic heterocycles. The zero-order valence-electron chi connectivity index (χ0n) is 19.9. The number of hydrogen-bond acceptors (Lipinski definition) is 3. The molecule has 1 N–H and O–H groups in total. The van der Waals surface area contributed by atoms with E-state index < -0.39 is 0 Å². The third kappa shape index (κ3) is 6.16. The topological polar surface area (TPSA) is 56.2 Å². The van der Waals surface area contributed by atoms with Crippen LogP contribution in [0, 0.1) is 0 Å². The number of carbonyl (C=O) groups is 1. The monoisotopic (exact) mass is 447 g/mol. The molecule has 0 radical (unpaired) electrons. The van der Waals surface area contributed by atoms with E-state index in [1.165, 1.54) is 48.9 Å². The van der Waals surface area contributed by atoms with E-state index in [0.29, 0.717) is 25.5 Å². The lowest BCUT2D eigenvalue weighted by atomic mass is 10.1. The highest BCUT2D eigenvalue weighted by Crippen LogP contribution is 2.31. The van der Waals surface area contributed by atoms with Crippen LogP contribution in [0.4, 0.5) is 0 Å². The van der Waals surface area contributed by atoms with Crippen LogP contribution in [0.3, 0.4) is 0 Å². The molecule has 176 valence electrons. The summed E-state index contributed by atoms with van der Waals surface area (Å²) in [5, 5.41) is 3.14. The number of unbranched alkanes of at least 4 members (excludes halogenated alkanes) is 3. The van der Waals surface area contributed by atoms with Gasteiger partial charge in [-0.3, -0.25) is 4.79 Å². The molecule has 0 saturated carbocycles. The SMILES string of the molecule is CCCCCCC(=O)NCCc1c2n(c3ccc(OCc4ccccc4)nc13)CCCCC2. The van der Waals surface area contributed by atoms with Gasteiger partial charge in [0.15, 0.2) is 0 Å². The Hall–Kier alpha value is -2.82. The number of nitrogens with zero attached hydrogens (tertiary/aromatic N) is 2. The second-order valence-corrected chi connectivity index (χ2v) is 9.09. The number of ether oxygens (including phenoxy) is 1. The van der Waals surface area contributed by atoms with Crippen molar-refractivity contribution in [3.63, 3.8) is 0 Å². The fourth-order valence-electron chi connectivity index (χ4n) is 4.80. The maximum atomic E-state index is 12.3. The number of aryl methyl sites for hydroxylation is 1. The molecular formula is C28H37N3O2. The molecule has 0 unspecified atom stereocenters. The predicted octanol–water partition coefficient (Wildman–Crippen LogP) is 5.97. The van der Waals surface area contributed by atoms with Gasteiger partial charge < -0.3 is 14.6 Å². The Morgan fingerprint density at radius 1 is 1.06 bits per heavy atom. The summed E-state index contributed by atoms with van der Waals surface area (Å²) in [4.78, 5) is 17.2. The second kappa shape index (κ2) is 11.9. The van der Waals surface area contributed by atoms with Crippen LogP contribution in [0.5, 0.6) is 5.88 Å². The highest BCUT2D eigenvalue weighted by atomic mass is 16.5. The zero-order valence-corrected chi connectivity index (χ0v) is 19.9. The number of aromatic nitrogens is 2. The summed E-state index contributed by atoms with van der Waals surface area (Å²) in [6.07, 6.45) is 10.7. The number of amides is 1. The average molecular weight is 448 g/mol. The highest BCUT2D eigenvalue weighted by Gasteiger charge is 2.20. The number of nitrogens with one attached hydrogen (secondary N) is 1. The first-order valence-electron chi connectivity index (χ1n) is 12.7. The average Bonchev–Trinajstić information content (AvgIpc) is 2.98. The lowest BCUT2D eigenvalue weighted by Crippen LogP contribution is -2.25. The van der Waals surface area contributed by atoms with Crippen molar-refractivity contribution in [2.24, 2.45) is 0 Å². The van der Waals surface area contributed by atoms with Crippen molar-refractivity contribution in [3.05, 3.63) is 59.3 Å². The smallest absolute Gasteiger partial charge is 0.220 e. The Bertz CT molecular complexity index is 1040. The maximum Gasteiger partial charge on any atom is 0.220 e. The number of carbonyl (C=O) groups excluding carboxylic acids is 1. The van der Waals surface area contributed by atoms with Crippen LogP contribution >= 0.6 is 0 Å². The molecule has 0 atom stereocenters. The van der Waals surface area contributed by atoms with Crippen LogP contribution in [-0.4, -0.2) is 22.0 Å². The molecule has 0 aliphatic carbocycles. The van der Waals surface area contributed by atoms with Gasteiger partial charge in [0.25, 0.3) is 0 Å². The Labute approximate surface area is 197 Å². The molecule has 3 heterocycles. The Morgan fingerprint density at radius 2 is 1.94 bits per heavy atom. The Kier molecular flexibility index (Phi) is 8.40. The fraction of sp³-hybridized carbons (Fsp3) is 0.500.